The van der Waals surface area contributed by atoms with E-state index in [1.807, 2.05) is 30.3 Å². The first kappa shape index (κ1) is 19.2. The summed E-state index contributed by atoms with van der Waals surface area (Å²) in [4.78, 5) is 26.4. The molecule has 2 heterocycles. The number of benzene rings is 1. The molecule has 2 atom stereocenters. The Morgan fingerprint density at radius 2 is 1.93 bits per heavy atom. The number of carbonyl (C=O) groups is 2. The molecule has 0 aliphatic carbocycles. The van der Waals surface area contributed by atoms with Gasteiger partial charge in [-0.3, -0.25) is 4.79 Å². The number of esters is 1. The van der Waals surface area contributed by atoms with E-state index < -0.39 is 33.9 Å². The Bertz CT molecular complexity index is 934. The molecule has 1 aliphatic rings. The molecule has 1 saturated heterocycles. The van der Waals surface area contributed by atoms with Crippen molar-refractivity contribution < 1.29 is 27.2 Å². The van der Waals surface area contributed by atoms with Crippen LogP contribution in [0.5, 0.6) is 0 Å². The van der Waals surface area contributed by atoms with E-state index in [1.165, 1.54) is 25.1 Å². The first-order chi connectivity index (χ1) is 12.8. The smallest absolute Gasteiger partial charge is 0.375 e. The molecule has 1 aromatic carbocycles. The van der Waals surface area contributed by atoms with Gasteiger partial charge >= 0.3 is 5.97 Å². The molecule has 0 saturated carbocycles. The van der Waals surface area contributed by atoms with Gasteiger partial charge in [0.15, 0.2) is 15.9 Å². The molecule has 0 N–H and O–H groups in total. The maximum absolute atomic E-state index is 12.5. The van der Waals surface area contributed by atoms with Gasteiger partial charge in [0.25, 0.3) is 5.91 Å². The van der Waals surface area contributed by atoms with Crippen LogP contribution in [0.2, 0.25) is 0 Å². The number of furan rings is 1. The van der Waals surface area contributed by atoms with Crippen molar-refractivity contribution in [3.8, 4) is 11.1 Å². The Hall–Kier alpha value is -2.61. The molecule has 7 nitrogen and oxygen atoms in total. The van der Waals surface area contributed by atoms with Crippen molar-refractivity contribution in [3.63, 3.8) is 0 Å². The molecular formula is C19H21NO6S. The van der Waals surface area contributed by atoms with Crippen LogP contribution >= 0.6 is 0 Å². The number of hydrogen-bond donors (Lipinski definition) is 0. The average Bonchev–Trinajstić information content (AvgIpc) is 3.27. The number of nitrogens with zero attached hydrogens (tertiary/aromatic N) is 1. The third-order valence-electron chi connectivity index (χ3n) is 4.67. The second-order valence-corrected chi connectivity index (χ2v) is 8.81. The minimum absolute atomic E-state index is 0.0203. The van der Waals surface area contributed by atoms with Crippen LogP contribution in [-0.4, -0.2) is 55.9 Å². The predicted molar refractivity (Wildman–Crippen MR) is 98.9 cm³/mol. The summed E-state index contributed by atoms with van der Waals surface area (Å²) in [6, 6.07) is 10.5. The van der Waals surface area contributed by atoms with Crippen molar-refractivity contribution >= 4 is 21.7 Å². The zero-order valence-electron chi connectivity index (χ0n) is 15.1. The lowest BCUT2D eigenvalue weighted by Crippen LogP contribution is -2.44. The van der Waals surface area contributed by atoms with Gasteiger partial charge < -0.3 is 14.1 Å². The van der Waals surface area contributed by atoms with Gasteiger partial charge in [0.1, 0.15) is 0 Å². The van der Waals surface area contributed by atoms with Gasteiger partial charge in [-0.2, -0.15) is 0 Å². The van der Waals surface area contributed by atoms with E-state index in [9.17, 15) is 18.0 Å². The van der Waals surface area contributed by atoms with Crippen LogP contribution in [0.15, 0.2) is 47.1 Å². The van der Waals surface area contributed by atoms with E-state index in [4.69, 9.17) is 9.15 Å². The lowest BCUT2D eigenvalue weighted by molar-refractivity contribution is -0.140. The minimum atomic E-state index is -3.11. The molecular weight excluding hydrogens is 370 g/mol. The SMILES string of the molecule is C[C@H](OC(=O)c1occc1-c1ccccc1)C(=O)N(C)[C@@H]1CCS(=O)(=O)C1. The van der Waals surface area contributed by atoms with E-state index in [0.717, 1.165) is 5.56 Å². The number of carbonyl (C=O) groups excluding carboxylic acids is 2. The second-order valence-electron chi connectivity index (χ2n) is 6.58. The number of hydrogen-bond acceptors (Lipinski definition) is 6. The summed E-state index contributed by atoms with van der Waals surface area (Å²) in [6.45, 7) is 1.46. The Labute approximate surface area is 157 Å². The third-order valence-corrected chi connectivity index (χ3v) is 6.42. The summed E-state index contributed by atoms with van der Waals surface area (Å²) >= 11 is 0. The molecule has 2 aromatic rings. The third kappa shape index (κ3) is 4.21. The van der Waals surface area contributed by atoms with Crippen LogP contribution in [-0.2, 0) is 19.4 Å². The first-order valence-electron chi connectivity index (χ1n) is 8.59. The molecule has 1 fully saturated rings. The summed E-state index contributed by atoms with van der Waals surface area (Å²) in [5, 5.41) is 0. The standard InChI is InChI=1S/C19H21NO6S/c1-13(18(21)20(2)15-9-11-27(23,24)12-15)26-19(22)17-16(8-10-25-17)14-6-4-3-5-7-14/h3-8,10,13,15H,9,11-12H2,1-2H3/t13-,15+/m0/s1. The van der Waals surface area contributed by atoms with Crippen LogP contribution in [0.3, 0.4) is 0 Å². The first-order valence-corrected chi connectivity index (χ1v) is 10.4. The number of ether oxygens (including phenoxy) is 1. The molecule has 0 spiro atoms. The molecule has 0 bridgehead atoms. The minimum Gasteiger partial charge on any atom is -0.457 e. The van der Waals surface area contributed by atoms with E-state index in [-0.39, 0.29) is 17.3 Å². The fourth-order valence-corrected chi connectivity index (χ4v) is 4.90. The van der Waals surface area contributed by atoms with Crippen LogP contribution < -0.4 is 0 Å². The zero-order chi connectivity index (χ0) is 19.6. The Morgan fingerprint density at radius 1 is 1.22 bits per heavy atom. The van der Waals surface area contributed by atoms with Crippen molar-refractivity contribution in [2.45, 2.75) is 25.5 Å². The highest BCUT2D eigenvalue weighted by Crippen LogP contribution is 2.26. The average molecular weight is 391 g/mol. The number of sulfone groups is 1. The molecule has 1 aromatic heterocycles. The maximum atomic E-state index is 12.5. The number of likely N-dealkylation sites (N-methyl/N-ethyl adjacent to an activating group) is 1. The fraction of sp³-hybridized carbons (Fsp3) is 0.368. The van der Waals surface area contributed by atoms with Gasteiger partial charge in [0.2, 0.25) is 5.76 Å². The molecule has 3 rings (SSSR count). The van der Waals surface area contributed by atoms with Gasteiger partial charge in [-0.1, -0.05) is 30.3 Å². The van der Waals surface area contributed by atoms with Crippen LogP contribution in [0.25, 0.3) is 11.1 Å². The molecule has 1 aliphatic heterocycles. The van der Waals surface area contributed by atoms with Crippen molar-refractivity contribution in [2.24, 2.45) is 0 Å². The lowest BCUT2D eigenvalue weighted by atomic mass is 10.1. The molecule has 27 heavy (non-hydrogen) atoms. The van der Waals surface area contributed by atoms with E-state index in [2.05, 4.69) is 0 Å². The number of amides is 1. The van der Waals surface area contributed by atoms with Crippen molar-refractivity contribution in [1.29, 1.82) is 0 Å². The van der Waals surface area contributed by atoms with E-state index in [1.54, 1.807) is 6.07 Å². The largest absolute Gasteiger partial charge is 0.457 e. The normalized spacial score (nSPS) is 19.4. The van der Waals surface area contributed by atoms with Gasteiger partial charge in [-0.05, 0) is 25.0 Å². The Balaban J connectivity index is 1.68. The quantitative estimate of drug-likeness (QED) is 0.725. The van der Waals surface area contributed by atoms with Gasteiger partial charge in [-0.15, -0.1) is 0 Å². The highest BCUT2D eigenvalue weighted by molar-refractivity contribution is 7.91. The van der Waals surface area contributed by atoms with Crippen molar-refractivity contribution in [3.05, 3.63) is 48.4 Å². The summed E-state index contributed by atoms with van der Waals surface area (Å²) in [7, 11) is -1.58. The van der Waals surface area contributed by atoms with Gasteiger partial charge in [0, 0.05) is 18.7 Å². The Kier molecular flexibility index (Phi) is 5.36. The zero-order valence-corrected chi connectivity index (χ0v) is 15.9. The van der Waals surface area contributed by atoms with E-state index >= 15 is 0 Å². The van der Waals surface area contributed by atoms with Crippen molar-refractivity contribution in [2.75, 3.05) is 18.6 Å². The molecule has 0 radical (unpaired) electrons. The summed E-state index contributed by atoms with van der Waals surface area (Å²) in [5.74, 6) is -1.17. The lowest BCUT2D eigenvalue weighted by Gasteiger charge is -2.26. The van der Waals surface area contributed by atoms with Gasteiger partial charge in [-0.25, -0.2) is 13.2 Å². The molecule has 8 heteroatoms. The molecule has 0 unspecified atom stereocenters. The van der Waals surface area contributed by atoms with Crippen LogP contribution in [0, 0.1) is 0 Å². The fourth-order valence-electron chi connectivity index (χ4n) is 3.12. The summed E-state index contributed by atoms with van der Waals surface area (Å²) in [5.41, 5.74) is 1.38. The Morgan fingerprint density at radius 3 is 2.56 bits per heavy atom. The monoisotopic (exact) mass is 391 g/mol. The highest BCUT2D eigenvalue weighted by Gasteiger charge is 2.35. The van der Waals surface area contributed by atoms with Gasteiger partial charge in [0.05, 0.1) is 17.8 Å². The molecule has 144 valence electrons. The van der Waals surface area contributed by atoms with Crippen LogP contribution in [0.1, 0.15) is 23.9 Å². The number of rotatable bonds is 5. The maximum Gasteiger partial charge on any atom is 0.375 e. The summed E-state index contributed by atoms with van der Waals surface area (Å²) in [6.07, 6.45) is 0.724. The van der Waals surface area contributed by atoms with Crippen molar-refractivity contribution in [1.82, 2.24) is 4.90 Å². The molecule has 1 amide bonds. The summed E-state index contributed by atoms with van der Waals surface area (Å²) < 4.78 is 33.8. The predicted octanol–water partition coefficient (Wildman–Crippen LogP) is 2.14. The second kappa shape index (κ2) is 7.56. The van der Waals surface area contributed by atoms with Crippen LogP contribution in [0.4, 0.5) is 0 Å². The highest BCUT2D eigenvalue weighted by atomic mass is 32.2. The van der Waals surface area contributed by atoms with E-state index in [0.29, 0.717) is 12.0 Å². The topological polar surface area (TPSA) is 93.9 Å².